The highest BCUT2D eigenvalue weighted by Crippen LogP contribution is 2.60. The minimum atomic E-state index is -1.22. The molecule has 3 aliphatic rings. The molecule has 10 heteroatoms. The number of amides is 2. The minimum Gasteiger partial charge on any atom is -0.466 e. The SMILES string of the molecule is CCOC(=O)[C@H]1[C@@H]2O[C@@]3(CC2Br)[C@@H]1C(=O)N([C@@H](CO)[C@@H](C)CC)[C@@H]3C(=O)Nc1ccccc1Cl. The fourth-order valence-corrected chi connectivity index (χ4v) is 6.94. The van der Waals surface area contributed by atoms with Gasteiger partial charge in [0.2, 0.25) is 11.8 Å². The maximum Gasteiger partial charge on any atom is 0.312 e. The number of carbonyl (C=O) groups excluding carboxylic acids is 3. The second-order valence-corrected chi connectivity index (χ2v) is 10.8. The highest BCUT2D eigenvalue weighted by atomic mass is 79.9. The van der Waals surface area contributed by atoms with E-state index in [0.717, 1.165) is 0 Å². The molecule has 1 aromatic carbocycles. The molecule has 3 fully saturated rings. The van der Waals surface area contributed by atoms with E-state index >= 15 is 0 Å². The Morgan fingerprint density at radius 3 is 2.71 bits per heavy atom. The van der Waals surface area contributed by atoms with Gasteiger partial charge in [0.15, 0.2) is 0 Å². The van der Waals surface area contributed by atoms with Crippen LogP contribution in [0.3, 0.4) is 0 Å². The van der Waals surface area contributed by atoms with Gasteiger partial charge in [-0.25, -0.2) is 0 Å². The highest BCUT2D eigenvalue weighted by Gasteiger charge is 2.77. The predicted octanol–water partition coefficient (Wildman–Crippen LogP) is 3.00. The third kappa shape index (κ3) is 3.85. The lowest BCUT2D eigenvalue weighted by Gasteiger charge is -2.38. The fraction of sp³-hybridized carbons (Fsp3) is 0.625. The second-order valence-electron chi connectivity index (χ2n) is 9.27. The van der Waals surface area contributed by atoms with E-state index < -0.39 is 47.5 Å². The third-order valence-electron chi connectivity index (χ3n) is 7.51. The number of carbonyl (C=O) groups is 3. The molecule has 186 valence electrons. The number of hydrogen-bond donors (Lipinski definition) is 2. The zero-order valence-electron chi connectivity index (χ0n) is 19.4. The Balaban J connectivity index is 1.80. The van der Waals surface area contributed by atoms with Crippen LogP contribution in [0.5, 0.6) is 0 Å². The molecule has 0 saturated carbocycles. The van der Waals surface area contributed by atoms with Crippen molar-refractivity contribution in [3.63, 3.8) is 0 Å². The van der Waals surface area contributed by atoms with Gasteiger partial charge in [0.1, 0.15) is 11.6 Å². The van der Waals surface area contributed by atoms with Crippen molar-refractivity contribution >= 4 is 51.0 Å². The molecule has 2 bridgehead atoms. The molecule has 2 N–H and O–H groups in total. The molecule has 1 spiro atoms. The van der Waals surface area contributed by atoms with Crippen molar-refractivity contribution in [1.29, 1.82) is 0 Å². The van der Waals surface area contributed by atoms with E-state index in [4.69, 9.17) is 21.1 Å². The van der Waals surface area contributed by atoms with Gasteiger partial charge in [0.25, 0.3) is 0 Å². The number of alkyl halides is 1. The van der Waals surface area contributed by atoms with E-state index in [-0.39, 0.29) is 29.9 Å². The summed E-state index contributed by atoms with van der Waals surface area (Å²) in [6.45, 7) is 5.46. The van der Waals surface area contributed by atoms with E-state index in [9.17, 15) is 19.5 Å². The number of ether oxygens (including phenoxy) is 2. The van der Waals surface area contributed by atoms with Crippen LogP contribution in [0.15, 0.2) is 24.3 Å². The van der Waals surface area contributed by atoms with Gasteiger partial charge in [-0.15, -0.1) is 0 Å². The maximum absolute atomic E-state index is 14.0. The number of nitrogens with one attached hydrogen (secondary N) is 1. The number of likely N-dealkylation sites (tertiary alicyclic amines) is 1. The summed E-state index contributed by atoms with van der Waals surface area (Å²) in [5.41, 5.74) is -0.810. The topological polar surface area (TPSA) is 105 Å². The number of esters is 1. The van der Waals surface area contributed by atoms with Gasteiger partial charge in [0, 0.05) is 4.83 Å². The van der Waals surface area contributed by atoms with Crippen molar-refractivity contribution in [2.45, 2.75) is 62.2 Å². The van der Waals surface area contributed by atoms with Gasteiger partial charge in [0.05, 0.1) is 47.9 Å². The van der Waals surface area contributed by atoms with Gasteiger partial charge in [-0.05, 0) is 31.4 Å². The first-order chi connectivity index (χ1) is 16.2. The van der Waals surface area contributed by atoms with Crippen LogP contribution in [-0.2, 0) is 23.9 Å². The molecule has 8 nitrogen and oxygen atoms in total. The average Bonchev–Trinajstić information content (AvgIpc) is 3.39. The smallest absolute Gasteiger partial charge is 0.312 e. The van der Waals surface area contributed by atoms with Gasteiger partial charge in [-0.3, -0.25) is 14.4 Å². The minimum absolute atomic E-state index is 0.0854. The lowest BCUT2D eigenvalue weighted by Crippen LogP contribution is -2.57. The Morgan fingerprint density at radius 2 is 2.09 bits per heavy atom. The van der Waals surface area contributed by atoms with Crippen LogP contribution >= 0.6 is 27.5 Å². The number of benzene rings is 1. The van der Waals surface area contributed by atoms with Crippen LogP contribution in [0.1, 0.15) is 33.6 Å². The first-order valence-corrected chi connectivity index (χ1v) is 13.0. The number of halogens is 2. The molecule has 1 unspecified atom stereocenters. The maximum atomic E-state index is 14.0. The van der Waals surface area contributed by atoms with E-state index in [0.29, 0.717) is 23.6 Å². The quantitative estimate of drug-likeness (QED) is 0.376. The number of nitrogens with zero attached hydrogens (tertiary/aromatic N) is 1. The molecule has 34 heavy (non-hydrogen) atoms. The summed E-state index contributed by atoms with van der Waals surface area (Å²) >= 11 is 9.89. The van der Waals surface area contributed by atoms with E-state index in [1.54, 1.807) is 31.2 Å². The summed E-state index contributed by atoms with van der Waals surface area (Å²) in [5.74, 6) is -3.12. The molecular weight excluding hydrogens is 528 g/mol. The Hall–Kier alpha value is -1.68. The molecule has 8 atom stereocenters. The summed E-state index contributed by atoms with van der Waals surface area (Å²) in [5, 5.41) is 13.5. The molecule has 4 rings (SSSR count). The first kappa shape index (κ1) is 25.4. The van der Waals surface area contributed by atoms with Crippen molar-refractivity contribution in [2.75, 3.05) is 18.5 Å². The van der Waals surface area contributed by atoms with Gasteiger partial charge < -0.3 is 24.8 Å². The fourth-order valence-electron chi connectivity index (χ4n) is 5.81. The number of anilines is 1. The summed E-state index contributed by atoms with van der Waals surface area (Å²) < 4.78 is 11.7. The number of fused-ring (bicyclic) bond motifs is 1. The summed E-state index contributed by atoms with van der Waals surface area (Å²) in [7, 11) is 0. The van der Waals surface area contributed by atoms with Crippen molar-refractivity contribution in [2.24, 2.45) is 17.8 Å². The van der Waals surface area contributed by atoms with Crippen LogP contribution in [0.25, 0.3) is 0 Å². The van der Waals surface area contributed by atoms with Crippen LogP contribution in [0.4, 0.5) is 5.69 Å². The van der Waals surface area contributed by atoms with E-state index in [1.807, 2.05) is 13.8 Å². The molecule has 0 aromatic heterocycles. The number of aliphatic hydroxyl groups is 1. The normalized spacial score (nSPS) is 33.5. The van der Waals surface area contributed by atoms with Crippen molar-refractivity contribution in [3.05, 3.63) is 29.3 Å². The van der Waals surface area contributed by atoms with Crippen molar-refractivity contribution < 1.29 is 29.0 Å². The van der Waals surface area contributed by atoms with Crippen LogP contribution in [0, 0.1) is 17.8 Å². The molecule has 1 aromatic rings. The molecule has 0 radical (unpaired) electrons. The van der Waals surface area contributed by atoms with Crippen molar-refractivity contribution in [3.8, 4) is 0 Å². The van der Waals surface area contributed by atoms with Crippen LogP contribution in [-0.4, -0.2) is 69.6 Å². The Labute approximate surface area is 212 Å². The molecule has 2 amide bonds. The number of para-hydroxylation sites is 1. The molecule has 0 aliphatic carbocycles. The lowest BCUT2D eigenvalue weighted by molar-refractivity contribution is -0.155. The standard InChI is InChI=1S/C24H30BrClN2O6/c1-4-12(3)16(11-29)28-20(21(30)27-15-9-7-6-8-14(15)26)24-10-13(25)19(34-24)17(18(24)22(28)31)23(32)33-5-2/h6-9,12-13,16-20,29H,4-5,10-11H2,1-3H3,(H,27,30)/t12-,13?,16-,17+,18-,19+,20+,24-/m0/s1. The van der Waals surface area contributed by atoms with Gasteiger partial charge in [-0.2, -0.15) is 0 Å². The Bertz CT molecular complexity index is 979. The second kappa shape index (κ2) is 9.76. The van der Waals surface area contributed by atoms with E-state index in [1.165, 1.54) is 4.90 Å². The van der Waals surface area contributed by atoms with E-state index in [2.05, 4.69) is 21.2 Å². The van der Waals surface area contributed by atoms with Gasteiger partial charge >= 0.3 is 5.97 Å². The van der Waals surface area contributed by atoms with Crippen LogP contribution < -0.4 is 5.32 Å². The summed E-state index contributed by atoms with van der Waals surface area (Å²) in [4.78, 5) is 42.0. The van der Waals surface area contributed by atoms with Crippen molar-refractivity contribution in [1.82, 2.24) is 4.90 Å². The zero-order chi connectivity index (χ0) is 24.8. The molecule has 3 saturated heterocycles. The molecule has 3 aliphatic heterocycles. The van der Waals surface area contributed by atoms with Gasteiger partial charge in [-0.1, -0.05) is 59.9 Å². The van der Waals surface area contributed by atoms with Crippen LogP contribution in [0.2, 0.25) is 5.02 Å². The largest absolute Gasteiger partial charge is 0.466 e. The molecule has 3 heterocycles. The average molecular weight is 558 g/mol. The third-order valence-corrected chi connectivity index (χ3v) is 8.69. The number of rotatable bonds is 8. The predicted molar refractivity (Wildman–Crippen MR) is 130 cm³/mol. The lowest BCUT2D eigenvalue weighted by atomic mass is 9.70. The Morgan fingerprint density at radius 1 is 1.38 bits per heavy atom. The number of hydrogen-bond acceptors (Lipinski definition) is 6. The molecular formula is C24H30BrClN2O6. The highest BCUT2D eigenvalue weighted by molar-refractivity contribution is 9.09. The monoisotopic (exact) mass is 556 g/mol. The Kier molecular flexibility index (Phi) is 7.29. The first-order valence-electron chi connectivity index (χ1n) is 11.7. The summed E-state index contributed by atoms with van der Waals surface area (Å²) in [6, 6.07) is 5.18. The zero-order valence-corrected chi connectivity index (χ0v) is 21.7. The number of aliphatic hydroxyl groups excluding tert-OH is 1. The summed E-state index contributed by atoms with van der Waals surface area (Å²) in [6.07, 6.45) is 0.485.